The molecule has 1 aromatic carbocycles. The van der Waals surface area contributed by atoms with Crippen LogP contribution in [0.2, 0.25) is 13.1 Å². The van der Waals surface area contributed by atoms with Crippen LogP contribution in [0, 0.1) is 130 Å². The van der Waals surface area contributed by atoms with Crippen molar-refractivity contribution in [1.29, 1.82) is 0 Å². The summed E-state index contributed by atoms with van der Waals surface area (Å²) < 4.78 is 18.6. The molecule has 0 aliphatic heterocycles. The first-order chi connectivity index (χ1) is 37.2. The molecule has 17 rings (SSSR count). The Kier molecular flexibility index (Phi) is 15.1. The third-order valence-electron chi connectivity index (χ3n) is 24.2. The molecular weight excluding hydrogens is 941 g/mol. The molecule has 0 N–H and O–H groups in total. The molecule has 24 unspecified atom stereocenters. The molecule has 24 atom stereocenters. The van der Waals surface area contributed by atoms with E-state index in [1.54, 1.807) is 11.1 Å². The van der Waals surface area contributed by atoms with Crippen LogP contribution in [-0.2, 0) is 13.6 Å². The van der Waals surface area contributed by atoms with Gasteiger partial charge < -0.3 is 13.6 Å². The molecule has 0 heterocycles. The van der Waals surface area contributed by atoms with Crippen LogP contribution < -0.4 is 0 Å². The smallest absolute Gasteiger partial charge is 0.331 e. The minimum Gasteiger partial charge on any atom is -0.394 e. The van der Waals surface area contributed by atoms with Crippen molar-refractivity contribution in [3.63, 3.8) is 0 Å². The Morgan fingerprint density at radius 1 is 0.303 bits per heavy atom. The zero-order valence-corrected chi connectivity index (χ0v) is 48.1. The average Bonchev–Trinajstić information content (AvgIpc) is 4.25. The fourth-order valence-electron chi connectivity index (χ4n) is 20.0. The Hall–Kier alpha value is -2.76. The summed E-state index contributed by atoms with van der Waals surface area (Å²) in [5, 5.41) is 0. The van der Waals surface area contributed by atoms with Crippen LogP contribution in [-0.4, -0.2) is 35.0 Å². The number of hydrogen-bond acceptors (Lipinski definition) is 3. The molecule has 0 radical (unpaired) electrons. The number of hydrogen-bond donors (Lipinski definition) is 0. The lowest BCUT2D eigenvalue weighted by molar-refractivity contribution is 0.0579. The first-order valence-corrected chi connectivity index (χ1v) is 35.5. The predicted molar refractivity (Wildman–Crippen MR) is 314 cm³/mol. The van der Waals surface area contributed by atoms with Crippen molar-refractivity contribution < 1.29 is 13.6 Å². The summed E-state index contributed by atoms with van der Waals surface area (Å²) in [6.45, 7) is 8.31. The lowest BCUT2D eigenvalue weighted by Crippen LogP contribution is -2.39. The van der Waals surface area contributed by atoms with Gasteiger partial charge >= 0.3 is 8.56 Å². The fraction of sp³-hybridized carbons (Fsp3) is 0.694. The summed E-state index contributed by atoms with van der Waals surface area (Å²) in [6, 6.07) is 9.74. The SMILES string of the molecule is C1=CC2CC1CC2CCCCC1CC2C=CC1C2.C1=CC2CC1CC2COCC1CC2C=CC1C2.C1=CC2CC1CC2c1ccc(C2CC3C=CC2C3)cc1.C[Si](C)(OCC1CC2C=CC1C2)OCC1CC2C=CC1C2. The van der Waals surface area contributed by atoms with E-state index in [1.165, 1.54) is 128 Å². The van der Waals surface area contributed by atoms with Gasteiger partial charge in [-0.1, -0.05) is 134 Å². The molecule has 4 heteroatoms. The molecule has 0 spiro atoms. The molecule has 16 aliphatic rings. The van der Waals surface area contributed by atoms with Gasteiger partial charge in [0.1, 0.15) is 0 Å². The highest BCUT2D eigenvalue weighted by Gasteiger charge is 2.43. The van der Waals surface area contributed by atoms with Crippen molar-refractivity contribution >= 4 is 8.56 Å². The standard InChI is InChI=1S/C20H22.C18H28O2Si.C18H26.C16H22O/c1-3-17-9-13(1)11-19(17)15-5-7-16(8-6-15)20-12-14-2-4-18(20)10-14;1-21(2,19-11-17-9-13-3-5-15(17)7-13)20-12-18-10-14-4-6-16(18)8-14;1(3-15-9-13-5-7-17(15)11-13)2-4-16-10-14-6-8-18(16)12-14;1-3-13-5-11(1)7-15(13)9-17-10-16-8-12-2-4-14(16)6-12/h1-8,13-14,17-20H,9-12H2;3-6,13-18H,7-12H2,1-2H3;5-8,13-18H,1-4,9-12H2;1-4,11-16H,5-10H2. The molecule has 8 saturated carbocycles. The molecule has 3 nitrogen and oxygen atoms in total. The third kappa shape index (κ3) is 11.3. The largest absolute Gasteiger partial charge is 0.394 e. The summed E-state index contributed by atoms with van der Waals surface area (Å²) in [7, 11) is -1.94. The van der Waals surface area contributed by atoms with E-state index in [0.29, 0.717) is 0 Å². The van der Waals surface area contributed by atoms with E-state index in [9.17, 15) is 0 Å². The normalized spacial score (nSPS) is 45.9. The molecule has 0 amide bonds. The Labute approximate surface area is 462 Å². The van der Waals surface area contributed by atoms with Gasteiger partial charge in [0.05, 0.1) is 0 Å². The van der Waals surface area contributed by atoms with Gasteiger partial charge in [-0.2, -0.15) is 0 Å². The highest BCUT2D eigenvalue weighted by Crippen LogP contribution is 2.53. The van der Waals surface area contributed by atoms with Gasteiger partial charge in [-0.25, -0.2) is 0 Å². The Balaban J connectivity index is 0.0000000929. The van der Waals surface area contributed by atoms with Crippen LogP contribution in [0.4, 0.5) is 0 Å². The minimum absolute atomic E-state index is 0.751. The monoisotopic (exact) mass is 1040 g/mol. The summed E-state index contributed by atoms with van der Waals surface area (Å²) in [4.78, 5) is 0. The number of fused-ring (bicyclic) bond motifs is 16. The summed E-state index contributed by atoms with van der Waals surface area (Å²) in [6.07, 6.45) is 67.8. The maximum atomic E-state index is 6.27. The van der Waals surface area contributed by atoms with Crippen LogP contribution in [0.5, 0.6) is 0 Å². The molecule has 8 fully saturated rings. The van der Waals surface area contributed by atoms with Gasteiger partial charge in [-0.15, -0.1) is 0 Å². The van der Waals surface area contributed by atoms with Crippen molar-refractivity contribution in [3.8, 4) is 0 Å². The topological polar surface area (TPSA) is 27.7 Å². The molecule has 408 valence electrons. The number of benzene rings is 1. The quantitative estimate of drug-likeness (QED) is 0.0884. The fourth-order valence-corrected chi connectivity index (χ4v) is 21.3. The van der Waals surface area contributed by atoms with Gasteiger partial charge in [0, 0.05) is 26.4 Å². The third-order valence-corrected chi connectivity index (χ3v) is 25.9. The van der Waals surface area contributed by atoms with Crippen molar-refractivity contribution in [2.45, 2.75) is 153 Å². The van der Waals surface area contributed by atoms with E-state index in [4.69, 9.17) is 13.6 Å². The zero-order valence-electron chi connectivity index (χ0n) is 47.1. The first-order valence-electron chi connectivity index (χ1n) is 32.6. The van der Waals surface area contributed by atoms with Crippen molar-refractivity contribution in [2.24, 2.45) is 130 Å². The van der Waals surface area contributed by atoms with E-state index in [2.05, 4.69) is 135 Å². The van der Waals surface area contributed by atoms with Crippen molar-refractivity contribution in [2.75, 3.05) is 26.4 Å². The van der Waals surface area contributed by atoms with Gasteiger partial charge in [0.25, 0.3) is 0 Å². The summed E-state index contributed by atoms with van der Waals surface area (Å²) >= 11 is 0. The van der Waals surface area contributed by atoms with Gasteiger partial charge in [0.2, 0.25) is 0 Å². The highest BCUT2D eigenvalue weighted by atomic mass is 28.4. The van der Waals surface area contributed by atoms with E-state index < -0.39 is 8.56 Å². The molecule has 76 heavy (non-hydrogen) atoms. The highest BCUT2D eigenvalue weighted by molar-refractivity contribution is 6.64. The molecule has 16 aliphatic carbocycles. The van der Waals surface area contributed by atoms with Gasteiger partial charge in [-0.05, 0) is 282 Å². The maximum absolute atomic E-state index is 6.27. The van der Waals surface area contributed by atoms with Crippen LogP contribution in [0.1, 0.15) is 151 Å². The second kappa shape index (κ2) is 22.3. The first kappa shape index (κ1) is 51.4. The molecule has 1 aromatic rings. The maximum Gasteiger partial charge on any atom is 0.331 e. The molecular formula is C72H98O3Si. The average molecular weight is 1040 g/mol. The van der Waals surface area contributed by atoms with E-state index in [1.807, 2.05) is 0 Å². The summed E-state index contributed by atoms with van der Waals surface area (Å²) in [5.41, 5.74) is 3.17. The van der Waals surface area contributed by atoms with E-state index >= 15 is 0 Å². The number of allylic oxidation sites excluding steroid dienone is 16. The predicted octanol–water partition coefficient (Wildman–Crippen LogP) is 17.6. The zero-order chi connectivity index (χ0) is 50.7. The number of rotatable bonds is 17. The van der Waals surface area contributed by atoms with Crippen LogP contribution in [0.25, 0.3) is 0 Å². The molecule has 16 bridgehead atoms. The molecule has 0 saturated heterocycles. The Morgan fingerprint density at radius 2 is 0.566 bits per heavy atom. The minimum atomic E-state index is -1.94. The van der Waals surface area contributed by atoms with Crippen molar-refractivity contribution in [3.05, 3.63) is 133 Å². The van der Waals surface area contributed by atoms with E-state index in [-0.39, 0.29) is 0 Å². The summed E-state index contributed by atoms with van der Waals surface area (Å²) in [5.74, 6) is 20.9. The van der Waals surface area contributed by atoms with Crippen molar-refractivity contribution in [1.82, 2.24) is 0 Å². The second-order valence-electron chi connectivity index (χ2n) is 29.5. The molecule has 0 aromatic heterocycles. The van der Waals surface area contributed by atoms with Crippen LogP contribution >= 0.6 is 0 Å². The lowest BCUT2D eigenvalue weighted by Gasteiger charge is -2.29. The van der Waals surface area contributed by atoms with Gasteiger partial charge in [0.15, 0.2) is 0 Å². The number of unbranched alkanes of at least 4 members (excludes halogenated alkanes) is 1. The van der Waals surface area contributed by atoms with Gasteiger partial charge in [-0.3, -0.25) is 0 Å². The second-order valence-corrected chi connectivity index (χ2v) is 32.9. The lowest BCUT2D eigenvalue weighted by atomic mass is 9.83. The van der Waals surface area contributed by atoms with Crippen LogP contribution in [0.15, 0.2) is 121 Å². The Morgan fingerprint density at radius 3 is 0.816 bits per heavy atom. The Bertz CT molecular complexity index is 2260. The van der Waals surface area contributed by atoms with E-state index in [0.717, 1.165) is 168 Å². The number of ether oxygens (including phenoxy) is 1. The van der Waals surface area contributed by atoms with Crippen LogP contribution in [0.3, 0.4) is 0 Å².